The van der Waals surface area contributed by atoms with Crippen molar-refractivity contribution in [2.75, 3.05) is 0 Å². The normalized spacial score (nSPS) is 10.3. The molecule has 0 unspecified atom stereocenters. The lowest BCUT2D eigenvalue weighted by Gasteiger charge is -2.07. The second kappa shape index (κ2) is 3.94. The standard InChI is InChI=1S/C11H10N2O2S/c1-13-10(15)8(9(14)12-11(13)16)7-5-3-2-4-6-7/h2-6,15H,1H3,(H,12,14,16). The number of benzene rings is 1. The summed E-state index contributed by atoms with van der Waals surface area (Å²) in [4.78, 5) is 14.2. The van der Waals surface area contributed by atoms with Crippen LogP contribution in [-0.4, -0.2) is 14.7 Å². The van der Waals surface area contributed by atoms with Gasteiger partial charge >= 0.3 is 0 Å². The molecule has 0 radical (unpaired) electrons. The van der Waals surface area contributed by atoms with Gasteiger partial charge in [0, 0.05) is 7.05 Å². The highest BCUT2D eigenvalue weighted by Crippen LogP contribution is 2.23. The molecule has 2 aromatic rings. The third-order valence-corrected chi connectivity index (χ3v) is 2.73. The maximum Gasteiger partial charge on any atom is 0.263 e. The fourth-order valence-electron chi connectivity index (χ4n) is 1.47. The van der Waals surface area contributed by atoms with Gasteiger partial charge in [-0.25, -0.2) is 0 Å². The van der Waals surface area contributed by atoms with Crippen LogP contribution in [-0.2, 0) is 7.05 Å². The molecule has 2 N–H and O–H groups in total. The van der Waals surface area contributed by atoms with Gasteiger partial charge in [0.1, 0.15) is 5.56 Å². The lowest BCUT2D eigenvalue weighted by atomic mass is 10.1. The van der Waals surface area contributed by atoms with E-state index in [4.69, 9.17) is 12.2 Å². The number of nitrogens with zero attached hydrogens (tertiary/aromatic N) is 1. The lowest BCUT2D eigenvalue weighted by molar-refractivity contribution is 0.423. The van der Waals surface area contributed by atoms with E-state index in [0.717, 1.165) is 0 Å². The van der Waals surface area contributed by atoms with Crippen molar-refractivity contribution in [1.29, 1.82) is 0 Å². The fraction of sp³-hybridized carbons (Fsp3) is 0.0909. The summed E-state index contributed by atoms with van der Waals surface area (Å²) in [5.41, 5.74) is 0.510. The molecule has 0 aliphatic carbocycles. The van der Waals surface area contributed by atoms with E-state index in [2.05, 4.69) is 4.98 Å². The first kappa shape index (κ1) is 10.6. The molecule has 0 spiro atoms. The van der Waals surface area contributed by atoms with Crippen LogP contribution in [0.3, 0.4) is 0 Å². The Morgan fingerprint density at radius 1 is 1.31 bits per heavy atom. The summed E-state index contributed by atoms with van der Waals surface area (Å²) in [6, 6.07) is 8.96. The van der Waals surface area contributed by atoms with Crippen LogP contribution in [0.15, 0.2) is 35.1 Å². The van der Waals surface area contributed by atoms with Crippen LogP contribution < -0.4 is 5.56 Å². The summed E-state index contributed by atoms with van der Waals surface area (Å²) in [6.07, 6.45) is 0. The summed E-state index contributed by atoms with van der Waals surface area (Å²) >= 11 is 4.89. The van der Waals surface area contributed by atoms with Crippen LogP contribution in [0.25, 0.3) is 11.1 Å². The maximum atomic E-state index is 11.7. The van der Waals surface area contributed by atoms with Gasteiger partial charge in [-0.05, 0) is 17.8 Å². The molecule has 0 saturated carbocycles. The van der Waals surface area contributed by atoms with Crippen molar-refractivity contribution in [2.24, 2.45) is 7.05 Å². The Kier molecular flexibility index (Phi) is 2.62. The Morgan fingerprint density at radius 2 is 1.94 bits per heavy atom. The average Bonchev–Trinajstić information content (AvgIpc) is 2.28. The molecular formula is C11H10N2O2S. The smallest absolute Gasteiger partial charge is 0.263 e. The Bertz CT molecular complexity index is 629. The number of H-pyrrole nitrogens is 1. The fourth-order valence-corrected chi connectivity index (χ4v) is 1.65. The van der Waals surface area contributed by atoms with Gasteiger partial charge in [0.2, 0.25) is 5.88 Å². The van der Waals surface area contributed by atoms with Crippen molar-refractivity contribution in [3.63, 3.8) is 0 Å². The molecule has 4 nitrogen and oxygen atoms in total. The molecular weight excluding hydrogens is 224 g/mol. The summed E-state index contributed by atoms with van der Waals surface area (Å²) < 4.78 is 1.56. The van der Waals surface area contributed by atoms with Crippen LogP contribution >= 0.6 is 12.2 Å². The van der Waals surface area contributed by atoms with Gasteiger partial charge in [-0.1, -0.05) is 30.3 Å². The van der Waals surface area contributed by atoms with Crippen molar-refractivity contribution >= 4 is 12.2 Å². The first-order chi connectivity index (χ1) is 7.61. The van der Waals surface area contributed by atoms with Crippen molar-refractivity contribution in [2.45, 2.75) is 0 Å². The molecule has 0 amide bonds. The average molecular weight is 234 g/mol. The summed E-state index contributed by atoms with van der Waals surface area (Å²) in [7, 11) is 1.60. The molecule has 1 aromatic heterocycles. The SMILES string of the molecule is Cn1c(O)c(-c2ccccc2)c(=O)[nH]c1=S. The van der Waals surface area contributed by atoms with E-state index in [1.165, 1.54) is 4.57 Å². The van der Waals surface area contributed by atoms with Crippen LogP contribution in [0.2, 0.25) is 0 Å². The van der Waals surface area contributed by atoms with Crippen LogP contribution in [0.4, 0.5) is 0 Å². The second-order valence-corrected chi connectivity index (χ2v) is 3.77. The van der Waals surface area contributed by atoms with E-state index in [0.29, 0.717) is 5.56 Å². The van der Waals surface area contributed by atoms with Crippen LogP contribution in [0.1, 0.15) is 0 Å². The second-order valence-electron chi connectivity index (χ2n) is 3.38. The Balaban J connectivity index is 2.82. The molecule has 1 heterocycles. The minimum Gasteiger partial charge on any atom is -0.494 e. The largest absolute Gasteiger partial charge is 0.494 e. The Morgan fingerprint density at radius 3 is 2.56 bits per heavy atom. The van der Waals surface area contributed by atoms with E-state index >= 15 is 0 Å². The summed E-state index contributed by atoms with van der Waals surface area (Å²) in [6.45, 7) is 0. The van der Waals surface area contributed by atoms with Crippen LogP contribution in [0.5, 0.6) is 5.88 Å². The van der Waals surface area contributed by atoms with E-state index in [-0.39, 0.29) is 21.8 Å². The van der Waals surface area contributed by atoms with Gasteiger partial charge in [-0.15, -0.1) is 0 Å². The number of hydrogen-bond donors (Lipinski definition) is 2. The van der Waals surface area contributed by atoms with Gasteiger partial charge in [0.15, 0.2) is 4.77 Å². The molecule has 2 rings (SSSR count). The van der Waals surface area contributed by atoms with Gasteiger partial charge in [-0.3, -0.25) is 14.3 Å². The quantitative estimate of drug-likeness (QED) is 0.740. The highest BCUT2D eigenvalue weighted by Gasteiger charge is 2.11. The lowest BCUT2D eigenvalue weighted by Crippen LogP contribution is -2.14. The Hall–Kier alpha value is -1.88. The van der Waals surface area contributed by atoms with Crippen molar-refractivity contribution in [1.82, 2.24) is 9.55 Å². The van der Waals surface area contributed by atoms with Crippen molar-refractivity contribution in [3.05, 3.63) is 45.5 Å². The number of nitrogens with one attached hydrogen (secondary N) is 1. The zero-order chi connectivity index (χ0) is 11.7. The molecule has 82 valence electrons. The predicted molar refractivity (Wildman–Crippen MR) is 64.0 cm³/mol. The van der Waals surface area contributed by atoms with E-state index in [1.54, 1.807) is 31.3 Å². The highest BCUT2D eigenvalue weighted by molar-refractivity contribution is 7.71. The molecule has 0 bridgehead atoms. The number of aromatic nitrogens is 2. The third kappa shape index (κ3) is 1.65. The van der Waals surface area contributed by atoms with Gasteiger partial charge in [0.05, 0.1) is 0 Å². The first-order valence-electron chi connectivity index (χ1n) is 4.69. The molecule has 5 heteroatoms. The molecule has 0 fully saturated rings. The predicted octanol–water partition coefficient (Wildman–Crippen LogP) is 1.82. The maximum absolute atomic E-state index is 11.7. The van der Waals surface area contributed by atoms with E-state index < -0.39 is 0 Å². The van der Waals surface area contributed by atoms with Crippen LogP contribution in [0, 0.1) is 4.77 Å². The number of rotatable bonds is 1. The molecule has 0 aliphatic heterocycles. The van der Waals surface area contributed by atoms with E-state index in [9.17, 15) is 9.90 Å². The van der Waals surface area contributed by atoms with Gasteiger partial charge < -0.3 is 5.11 Å². The topological polar surface area (TPSA) is 58.0 Å². The number of aromatic hydroxyl groups is 1. The van der Waals surface area contributed by atoms with E-state index in [1.807, 2.05) is 6.07 Å². The van der Waals surface area contributed by atoms with Crippen molar-refractivity contribution in [3.8, 4) is 17.0 Å². The zero-order valence-corrected chi connectivity index (χ0v) is 9.41. The summed E-state index contributed by atoms with van der Waals surface area (Å²) in [5.74, 6) is -0.125. The zero-order valence-electron chi connectivity index (χ0n) is 8.60. The molecule has 0 aliphatic rings. The number of aromatic amines is 1. The highest BCUT2D eigenvalue weighted by atomic mass is 32.1. The molecule has 0 saturated heterocycles. The number of hydrogen-bond acceptors (Lipinski definition) is 3. The molecule has 16 heavy (non-hydrogen) atoms. The first-order valence-corrected chi connectivity index (χ1v) is 5.10. The van der Waals surface area contributed by atoms with Crippen molar-refractivity contribution < 1.29 is 5.11 Å². The minimum absolute atomic E-state index is 0.125. The third-order valence-electron chi connectivity index (χ3n) is 2.36. The Labute approximate surface area is 96.8 Å². The summed E-state index contributed by atoms with van der Waals surface area (Å²) in [5, 5.41) is 9.89. The van der Waals surface area contributed by atoms with Gasteiger partial charge in [0.25, 0.3) is 5.56 Å². The minimum atomic E-state index is -0.383. The monoisotopic (exact) mass is 234 g/mol. The van der Waals surface area contributed by atoms with Gasteiger partial charge in [-0.2, -0.15) is 0 Å². The molecule has 1 aromatic carbocycles. The molecule has 0 atom stereocenters.